The molecule has 1 aromatic rings. The molecule has 3 atom stereocenters. The summed E-state index contributed by atoms with van der Waals surface area (Å²) in [5.74, 6) is 0.0848. The van der Waals surface area contributed by atoms with Gasteiger partial charge >= 0.3 is 0 Å². The van der Waals surface area contributed by atoms with E-state index in [2.05, 4.69) is 0 Å². The first kappa shape index (κ1) is 16.7. The number of ether oxygens (including phenoxy) is 1. The third-order valence-electron chi connectivity index (χ3n) is 5.75. The number of carbonyl (C=O) groups excluding carboxylic acids is 1. The van der Waals surface area contributed by atoms with Gasteiger partial charge in [0.2, 0.25) is 5.91 Å². The quantitative estimate of drug-likeness (QED) is 0.923. The van der Waals surface area contributed by atoms with E-state index in [1.54, 1.807) is 11.9 Å². The highest BCUT2D eigenvalue weighted by atomic mass is 35.5. The van der Waals surface area contributed by atoms with Gasteiger partial charge < -0.3 is 15.4 Å². The van der Waals surface area contributed by atoms with Crippen molar-refractivity contribution in [1.29, 1.82) is 0 Å². The Morgan fingerprint density at radius 2 is 2.13 bits per heavy atom. The molecule has 5 heteroatoms. The molecule has 1 aliphatic heterocycles. The average Bonchev–Trinajstić information content (AvgIpc) is 2.55. The number of benzene rings is 1. The number of amides is 1. The van der Waals surface area contributed by atoms with Gasteiger partial charge in [-0.15, -0.1) is 0 Å². The molecule has 2 fully saturated rings. The summed E-state index contributed by atoms with van der Waals surface area (Å²) in [5, 5.41) is 0.671. The van der Waals surface area contributed by atoms with Crippen molar-refractivity contribution in [3.63, 3.8) is 0 Å². The maximum atomic E-state index is 13.1. The second-order valence-electron chi connectivity index (χ2n) is 7.38. The summed E-state index contributed by atoms with van der Waals surface area (Å²) in [6, 6.07) is 7.59. The van der Waals surface area contributed by atoms with Crippen LogP contribution in [-0.4, -0.2) is 36.1 Å². The number of likely N-dealkylation sites (N-methyl/N-ethyl adjacent to an activating group) is 1. The van der Waals surface area contributed by atoms with E-state index in [0.717, 1.165) is 25.0 Å². The Labute approximate surface area is 142 Å². The van der Waals surface area contributed by atoms with E-state index in [0.29, 0.717) is 11.6 Å². The molecule has 0 spiro atoms. The Hall–Kier alpha value is -1.10. The minimum absolute atomic E-state index is 0.0193. The Kier molecular flexibility index (Phi) is 4.20. The second kappa shape index (κ2) is 5.76. The van der Waals surface area contributed by atoms with Gasteiger partial charge in [-0.25, -0.2) is 0 Å². The van der Waals surface area contributed by atoms with Gasteiger partial charge in [0, 0.05) is 36.6 Å². The number of nitrogens with two attached hydrogens (primary N) is 1. The van der Waals surface area contributed by atoms with Crippen LogP contribution in [0.3, 0.4) is 0 Å². The fourth-order valence-corrected chi connectivity index (χ4v) is 4.48. The lowest BCUT2D eigenvalue weighted by Gasteiger charge is -2.65. The highest BCUT2D eigenvalue weighted by Gasteiger charge is 2.70. The van der Waals surface area contributed by atoms with Crippen molar-refractivity contribution in [1.82, 2.24) is 4.90 Å². The van der Waals surface area contributed by atoms with Gasteiger partial charge in [-0.05, 0) is 24.5 Å². The number of rotatable bonds is 3. The van der Waals surface area contributed by atoms with Crippen LogP contribution in [0.1, 0.15) is 32.3 Å². The van der Waals surface area contributed by atoms with Crippen LogP contribution >= 0.6 is 11.6 Å². The van der Waals surface area contributed by atoms with Crippen LogP contribution in [0.15, 0.2) is 24.3 Å². The zero-order valence-corrected chi connectivity index (χ0v) is 14.8. The lowest BCUT2D eigenvalue weighted by atomic mass is 9.46. The summed E-state index contributed by atoms with van der Waals surface area (Å²) in [4.78, 5) is 14.8. The molecule has 4 nitrogen and oxygen atoms in total. The smallest absolute Gasteiger partial charge is 0.243 e. The van der Waals surface area contributed by atoms with Crippen molar-refractivity contribution in [2.45, 2.75) is 44.9 Å². The fourth-order valence-electron chi connectivity index (χ4n) is 4.28. The van der Waals surface area contributed by atoms with Crippen molar-refractivity contribution in [3.05, 3.63) is 34.9 Å². The number of carbonyl (C=O) groups is 1. The topological polar surface area (TPSA) is 55.6 Å². The molecule has 1 aliphatic carbocycles. The summed E-state index contributed by atoms with van der Waals surface area (Å²) in [7, 11) is 1.80. The van der Waals surface area contributed by atoms with Gasteiger partial charge in [-0.1, -0.05) is 43.6 Å². The van der Waals surface area contributed by atoms with Crippen molar-refractivity contribution < 1.29 is 9.53 Å². The molecule has 1 saturated heterocycles. The van der Waals surface area contributed by atoms with E-state index in [1.807, 2.05) is 38.1 Å². The molecule has 0 aromatic heterocycles. The lowest BCUT2D eigenvalue weighted by Crippen LogP contribution is -2.82. The van der Waals surface area contributed by atoms with Gasteiger partial charge in [-0.2, -0.15) is 0 Å². The van der Waals surface area contributed by atoms with Crippen LogP contribution in [0.5, 0.6) is 0 Å². The van der Waals surface area contributed by atoms with E-state index >= 15 is 0 Å². The molecular formula is C18H25ClN2O2. The summed E-state index contributed by atoms with van der Waals surface area (Å²) in [6.45, 7) is 5.32. The van der Waals surface area contributed by atoms with E-state index in [1.165, 1.54) is 0 Å². The molecule has 126 valence electrons. The highest BCUT2D eigenvalue weighted by molar-refractivity contribution is 6.31. The van der Waals surface area contributed by atoms with Crippen molar-refractivity contribution in [3.8, 4) is 0 Å². The van der Waals surface area contributed by atoms with Crippen LogP contribution in [0.25, 0.3) is 0 Å². The predicted molar refractivity (Wildman–Crippen MR) is 91.1 cm³/mol. The highest BCUT2D eigenvalue weighted by Crippen LogP contribution is 2.57. The lowest BCUT2D eigenvalue weighted by molar-refractivity contribution is -0.229. The summed E-state index contributed by atoms with van der Waals surface area (Å²) in [5.41, 5.74) is 6.38. The standard InChI is InChI=1S/C18H25ClN2O2/c1-17(2)15-13(8-6-10-23-15)18(17,20)16(22)21(3)11-12-7-4-5-9-14(12)19/h4-5,7,9,13,15H,6,8,10-11,20H2,1-3H3. The molecule has 1 aromatic carbocycles. The van der Waals surface area contributed by atoms with Crippen LogP contribution in [-0.2, 0) is 16.1 Å². The van der Waals surface area contributed by atoms with Gasteiger partial charge in [0.05, 0.1) is 6.10 Å². The van der Waals surface area contributed by atoms with Gasteiger partial charge in [0.15, 0.2) is 0 Å². The molecule has 3 unspecified atom stereocenters. The van der Waals surface area contributed by atoms with Crippen LogP contribution in [0.2, 0.25) is 5.02 Å². The largest absolute Gasteiger partial charge is 0.377 e. The first-order valence-corrected chi connectivity index (χ1v) is 8.57. The summed E-state index contributed by atoms with van der Waals surface area (Å²) >= 11 is 6.21. The van der Waals surface area contributed by atoms with Gasteiger partial charge in [0.1, 0.15) is 5.54 Å². The van der Waals surface area contributed by atoms with Crippen molar-refractivity contribution in [2.75, 3.05) is 13.7 Å². The number of fused-ring (bicyclic) bond motifs is 1. The number of hydrogen-bond donors (Lipinski definition) is 1. The first-order valence-electron chi connectivity index (χ1n) is 8.19. The second-order valence-corrected chi connectivity index (χ2v) is 7.79. The van der Waals surface area contributed by atoms with Gasteiger partial charge in [-0.3, -0.25) is 4.79 Å². The SMILES string of the molecule is CN(Cc1ccccc1Cl)C(=O)C1(N)C2CCCOC2C1(C)C. The van der Waals surface area contributed by atoms with E-state index in [4.69, 9.17) is 22.1 Å². The number of hydrogen-bond acceptors (Lipinski definition) is 3. The number of nitrogens with zero attached hydrogens (tertiary/aromatic N) is 1. The van der Waals surface area contributed by atoms with E-state index < -0.39 is 5.54 Å². The maximum Gasteiger partial charge on any atom is 0.243 e. The minimum Gasteiger partial charge on any atom is -0.377 e. The molecular weight excluding hydrogens is 312 g/mol. The van der Waals surface area contributed by atoms with Gasteiger partial charge in [0.25, 0.3) is 0 Å². The molecule has 3 rings (SSSR count). The first-order chi connectivity index (χ1) is 10.8. The molecule has 0 bridgehead atoms. The average molecular weight is 337 g/mol. The molecule has 2 aliphatic rings. The van der Waals surface area contributed by atoms with E-state index in [9.17, 15) is 4.79 Å². The molecule has 1 heterocycles. The molecule has 2 N–H and O–H groups in total. The Bertz CT molecular complexity index is 619. The van der Waals surface area contributed by atoms with Crippen LogP contribution in [0.4, 0.5) is 0 Å². The summed E-state index contributed by atoms with van der Waals surface area (Å²) < 4.78 is 5.88. The van der Waals surface area contributed by atoms with E-state index in [-0.39, 0.29) is 23.3 Å². The monoisotopic (exact) mass is 336 g/mol. The molecule has 0 radical (unpaired) electrons. The third kappa shape index (κ3) is 2.39. The Morgan fingerprint density at radius 3 is 2.83 bits per heavy atom. The predicted octanol–water partition coefficient (Wildman–Crippen LogP) is 2.83. The fraction of sp³-hybridized carbons (Fsp3) is 0.611. The zero-order chi connectivity index (χ0) is 16.8. The minimum atomic E-state index is -0.867. The maximum absolute atomic E-state index is 13.1. The van der Waals surface area contributed by atoms with Crippen molar-refractivity contribution >= 4 is 17.5 Å². The summed E-state index contributed by atoms with van der Waals surface area (Å²) in [6.07, 6.45) is 2.01. The molecule has 23 heavy (non-hydrogen) atoms. The molecule has 1 saturated carbocycles. The van der Waals surface area contributed by atoms with Crippen LogP contribution in [0, 0.1) is 11.3 Å². The third-order valence-corrected chi connectivity index (χ3v) is 6.12. The van der Waals surface area contributed by atoms with Crippen LogP contribution < -0.4 is 5.73 Å². The Balaban J connectivity index is 1.80. The number of halogens is 1. The normalized spacial score (nSPS) is 31.9. The zero-order valence-electron chi connectivity index (χ0n) is 14.0. The Morgan fingerprint density at radius 1 is 1.43 bits per heavy atom. The van der Waals surface area contributed by atoms with Crippen molar-refractivity contribution in [2.24, 2.45) is 17.1 Å². The molecule has 1 amide bonds.